The van der Waals surface area contributed by atoms with Gasteiger partial charge in [0.05, 0.1) is 16.4 Å². The Morgan fingerprint density at radius 2 is 2.07 bits per heavy atom. The maximum atomic E-state index is 8.42. The van der Waals surface area contributed by atoms with Crippen LogP contribution in [-0.2, 0) is 0 Å². The maximum Gasteiger partial charge on any atom is 0.121 e. The Labute approximate surface area is 95.0 Å². The molecule has 0 aliphatic heterocycles. The molecule has 76 valence electrons. The first-order valence-electron chi connectivity index (χ1n) is 4.29. The van der Waals surface area contributed by atoms with Crippen molar-refractivity contribution in [1.82, 2.24) is 9.78 Å². The Morgan fingerprint density at radius 3 is 2.73 bits per heavy atom. The van der Waals surface area contributed by atoms with Crippen molar-refractivity contribution in [1.29, 1.82) is 0 Å². The van der Waals surface area contributed by atoms with Gasteiger partial charge in [0.25, 0.3) is 0 Å². The number of rotatable bonds is 2. The molecule has 5 heteroatoms. The molecule has 0 amide bonds. The van der Waals surface area contributed by atoms with E-state index in [1.54, 1.807) is 4.68 Å². The minimum atomic E-state index is 0.585. The number of benzene rings is 1. The third-order valence-electron chi connectivity index (χ3n) is 1.90. The van der Waals surface area contributed by atoms with Crippen LogP contribution in [0.4, 0.5) is 0 Å². The molecular weight excluding hydrogens is 258 g/mol. The fourth-order valence-electron chi connectivity index (χ4n) is 1.22. The highest BCUT2D eigenvalue weighted by molar-refractivity contribution is 9.10. The van der Waals surface area contributed by atoms with Gasteiger partial charge in [0.1, 0.15) is 5.69 Å². The molecule has 0 saturated heterocycles. The molecule has 1 heterocycles. The van der Waals surface area contributed by atoms with Gasteiger partial charge < -0.3 is 5.21 Å². The number of hydrogen-bond acceptors (Lipinski definition) is 3. The Bertz CT molecular complexity index is 479. The van der Waals surface area contributed by atoms with Crippen molar-refractivity contribution in [2.75, 3.05) is 0 Å². The summed E-state index contributed by atoms with van der Waals surface area (Å²) in [6.07, 6.45) is 3.09. The molecule has 0 aliphatic carbocycles. The molecule has 0 aliphatic rings. The van der Waals surface area contributed by atoms with E-state index in [1.807, 2.05) is 36.5 Å². The van der Waals surface area contributed by atoms with Crippen LogP contribution < -0.4 is 0 Å². The summed E-state index contributed by atoms with van der Waals surface area (Å²) < 4.78 is 2.49. The van der Waals surface area contributed by atoms with Crippen molar-refractivity contribution in [2.24, 2.45) is 5.16 Å². The molecule has 0 saturated carbocycles. The molecule has 2 rings (SSSR count). The summed E-state index contributed by atoms with van der Waals surface area (Å²) in [6.45, 7) is 0. The predicted octanol–water partition coefficient (Wildman–Crippen LogP) is 2.44. The predicted molar refractivity (Wildman–Crippen MR) is 60.6 cm³/mol. The summed E-state index contributed by atoms with van der Waals surface area (Å²) in [5.41, 5.74) is 1.54. The minimum absolute atomic E-state index is 0.585. The van der Waals surface area contributed by atoms with Gasteiger partial charge in [-0.05, 0) is 28.1 Å². The van der Waals surface area contributed by atoms with Gasteiger partial charge >= 0.3 is 0 Å². The van der Waals surface area contributed by atoms with Crippen LogP contribution in [0.1, 0.15) is 5.69 Å². The van der Waals surface area contributed by atoms with E-state index in [4.69, 9.17) is 5.21 Å². The highest BCUT2D eigenvalue weighted by Crippen LogP contribution is 2.16. The molecule has 15 heavy (non-hydrogen) atoms. The minimum Gasteiger partial charge on any atom is -0.411 e. The van der Waals surface area contributed by atoms with Gasteiger partial charge in [-0.25, -0.2) is 4.68 Å². The molecule has 0 spiro atoms. The number of nitrogens with zero attached hydrogens (tertiary/aromatic N) is 3. The van der Waals surface area contributed by atoms with Crippen molar-refractivity contribution < 1.29 is 5.21 Å². The van der Waals surface area contributed by atoms with Gasteiger partial charge in [-0.2, -0.15) is 5.10 Å². The normalized spacial score (nSPS) is 11.0. The van der Waals surface area contributed by atoms with Crippen LogP contribution in [0, 0.1) is 0 Å². The zero-order chi connectivity index (χ0) is 10.7. The molecule has 4 nitrogen and oxygen atoms in total. The lowest BCUT2D eigenvalue weighted by molar-refractivity contribution is 0.321. The molecule has 0 radical (unpaired) electrons. The van der Waals surface area contributed by atoms with Gasteiger partial charge in [0.2, 0.25) is 0 Å². The van der Waals surface area contributed by atoms with E-state index in [0.29, 0.717) is 5.69 Å². The largest absolute Gasteiger partial charge is 0.411 e. The number of aromatic nitrogens is 2. The number of oxime groups is 1. The first-order chi connectivity index (χ1) is 7.31. The fourth-order valence-corrected chi connectivity index (χ4v) is 1.60. The van der Waals surface area contributed by atoms with Crippen LogP contribution in [-0.4, -0.2) is 21.2 Å². The van der Waals surface area contributed by atoms with Gasteiger partial charge in [-0.1, -0.05) is 23.4 Å². The monoisotopic (exact) mass is 265 g/mol. The van der Waals surface area contributed by atoms with E-state index < -0.39 is 0 Å². The standard InChI is InChI=1S/C10H8BrN3O/c11-9-7-14(13-10(9)6-12-15)8-4-2-1-3-5-8/h1-7,15H/b12-6-. The van der Waals surface area contributed by atoms with Gasteiger partial charge in [0.15, 0.2) is 0 Å². The van der Waals surface area contributed by atoms with Crippen LogP contribution in [0.25, 0.3) is 5.69 Å². The zero-order valence-electron chi connectivity index (χ0n) is 7.71. The second-order valence-corrected chi connectivity index (χ2v) is 3.74. The second-order valence-electron chi connectivity index (χ2n) is 2.89. The van der Waals surface area contributed by atoms with E-state index in [0.717, 1.165) is 10.2 Å². The van der Waals surface area contributed by atoms with Gasteiger partial charge in [0, 0.05) is 6.20 Å². The second kappa shape index (κ2) is 4.27. The molecule has 1 aromatic heterocycles. The SMILES string of the molecule is O/N=C\c1nn(-c2ccccc2)cc1Br. The average Bonchev–Trinajstić information content (AvgIpc) is 2.63. The van der Waals surface area contributed by atoms with E-state index in [-0.39, 0.29) is 0 Å². The number of para-hydroxylation sites is 1. The molecule has 0 bridgehead atoms. The maximum absolute atomic E-state index is 8.42. The average molecular weight is 266 g/mol. The summed E-state index contributed by atoms with van der Waals surface area (Å²) in [6, 6.07) is 9.70. The van der Waals surface area contributed by atoms with Crippen molar-refractivity contribution in [3.05, 3.63) is 46.7 Å². The van der Waals surface area contributed by atoms with Crippen LogP contribution in [0.15, 0.2) is 46.2 Å². The summed E-state index contributed by atoms with van der Waals surface area (Å²) in [5, 5.41) is 15.6. The third-order valence-corrected chi connectivity index (χ3v) is 2.51. The third kappa shape index (κ3) is 2.07. The number of halogens is 1. The topological polar surface area (TPSA) is 50.4 Å². The Morgan fingerprint density at radius 1 is 1.33 bits per heavy atom. The fraction of sp³-hybridized carbons (Fsp3) is 0. The molecular formula is C10H8BrN3O. The van der Waals surface area contributed by atoms with Gasteiger partial charge in [-0.3, -0.25) is 0 Å². The molecule has 2 aromatic rings. The molecule has 0 unspecified atom stereocenters. The Kier molecular flexibility index (Phi) is 2.82. The highest BCUT2D eigenvalue weighted by Gasteiger charge is 2.05. The zero-order valence-corrected chi connectivity index (χ0v) is 9.29. The van der Waals surface area contributed by atoms with Crippen molar-refractivity contribution in [3.8, 4) is 5.69 Å². The van der Waals surface area contributed by atoms with Crippen molar-refractivity contribution >= 4 is 22.1 Å². The van der Waals surface area contributed by atoms with Crippen LogP contribution in [0.5, 0.6) is 0 Å². The lowest BCUT2D eigenvalue weighted by atomic mass is 10.3. The van der Waals surface area contributed by atoms with Gasteiger partial charge in [-0.15, -0.1) is 0 Å². The first kappa shape index (κ1) is 9.92. The van der Waals surface area contributed by atoms with E-state index in [9.17, 15) is 0 Å². The van der Waals surface area contributed by atoms with Crippen LogP contribution >= 0.6 is 15.9 Å². The molecule has 1 N–H and O–H groups in total. The quantitative estimate of drug-likeness (QED) is 0.515. The lowest BCUT2D eigenvalue weighted by Gasteiger charge is -1.98. The Balaban J connectivity index is 2.43. The van der Waals surface area contributed by atoms with E-state index >= 15 is 0 Å². The van der Waals surface area contributed by atoms with Crippen LogP contribution in [0.2, 0.25) is 0 Å². The van der Waals surface area contributed by atoms with Crippen molar-refractivity contribution in [3.63, 3.8) is 0 Å². The van der Waals surface area contributed by atoms with Crippen LogP contribution in [0.3, 0.4) is 0 Å². The summed E-state index contributed by atoms with van der Waals surface area (Å²) in [4.78, 5) is 0. The summed E-state index contributed by atoms with van der Waals surface area (Å²) in [5.74, 6) is 0. The molecule has 0 atom stereocenters. The smallest absolute Gasteiger partial charge is 0.121 e. The summed E-state index contributed by atoms with van der Waals surface area (Å²) in [7, 11) is 0. The summed E-state index contributed by atoms with van der Waals surface area (Å²) >= 11 is 3.33. The highest BCUT2D eigenvalue weighted by atomic mass is 79.9. The molecule has 1 aromatic carbocycles. The van der Waals surface area contributed by atoms with E-state index in [1.165, 1.54) is 6.21 Å². The Hall–Kier alpha value is -1.62. The number of hydrogen-bond donors (Lipinski definition) is 1. The van der Waals surface area contributed by atoms with Crippen molar-refractivity contribution in [2.45, 2.75) is 0 Å². The first-order valence-corrected chi connectivity index (χ1v) is 5.08. The lowest BCUT2D eigenvalue weighted by Crippen LogP contribution is -1.95. The van der Waals surface area contributed by atoms with E-state index in [2.05, 4.69) is 26.2 Å². The molecule has 0 fully saturated rings.